The summed E-state index contributed by atoms with van der Waals surface area (Å²) < 4.78 is 14.8. The first-order valence-corrected chi connectivity index (χ1v) is 11.5. The van der Waals surface area contributed by atoms with E-state index < -0.39 is 40.7 Å². The van der Waals surface area contributed by atoms with Crippen molar-refractivity contribution in [2.24, 2.45) is 10.9 Å². The van der Waals surface area contributed by atoms with Crippen LogP contribution in [-0.2, 0) is 28.6 Å². The molecule has 2 atom stereocenters. The minimum Gasteiger partial charge on any atom is -0.468 e. The molecule has 3 aromatic carbocycles. The Balaban J connectivity index is 2.33. The average molecular weight is 519 g/mol. The maximum absolute atomic E-state index is 13.3. The quantitative estimate of drug-likeness (QED) is 0.0990. The summed E-state index contributed by atoms with van der Waals surface area (Å²) in [6, 6.07) is 21.8. The summed E-state index contributed by atoms with van der Waals surface area (Å²) >= 11 is 0. The van der Waals surface area contributed by atoms with Gasteiger partial charge in [-0.2, -0.15) is 0 Å². The number of hydrogen-bond donors (Lipinski definition) is 0. The van der Waals surface area contributed by atoms with Crippen LogP contribution in [0.25, 0.3) is 0 Å². The Morgan fingerprint density at radius 2 is 1.16 bits per heavy atom. The van der Waals surface area contributed by atoms with Crippen molar-refractivity contribution in [3.63, 3.8) is 0 Å². The molecule has 3 aromatic rings. The molecule has 3 rings (SSSR count). The molecule has 0 saturated carbocycles. The molecule has 0 bridgehead atoms. The van der Waals surface area contributed by atoms with Gasteiger partial charge >= 0.3 is 17.9 Å². The topological polar surface area (TPSA) is 134 Å². The molecule has 10 nitrogen and oxygen atoms in total. The van der Waals surface area contributed by atoms with Crippen molar-refractivity contribution in [2.45, 2.75) is 12.0 Å². The standard InChI is InChI=1S/C28H26N2O8/c1-36-26(31)23(27(32)37-2)22(18-14-16-21(17-15-18)30(34)35)25(28(33)38-3)29-24(19-10-6-4-7-11-19)20-12-8-5-9-13-20/h4-17,22-23,25H,1-3H3. The van der Waals surface area contributed by atoms with Crippen molar-refractivity contribution in [1.82, 2.24) is 0 Å². The van der Waals surface area contributed by atoms with Gasteiger partial charge in [-0.15, -0.1) is 0 Å². The summed E-state index contributed by atoms with van der Waals surface area (Å²) in [6.45, 7) is 0. The summed E-state index contributed by atoms with van der Waals surface area (Å²) in [6.07, 6.45) is 0. The lowest BCUT2D eigenvalue weighted by atomic mass is 9.80. The number of ether oxygens (including phenoxy) is 3. The largest absolute Gasteiger partial charge is 0.468 e. The van der Waals surface area contributed by atoms with Crippen molar-refractivity contribution in [3.05, 3.63) is 112 Å². The number of aliphatic imine (C=N–C) groups is 1. The van der Waals surface area contributed by atoms with Crippen molar-refractivity contribution in [3.8, 4) is 0 Å². The molecule has 0 aliphatic rings. The van der Waals surface area contributed by atoms with Crippen LogP contribution >= 0.6 is 0 Å². The zero-order valence-electron chi connectivity index (χ0n) is 21.0. The Kier molecular flexibility index (Phi) is 9.42. The zero-order chi connectivity index (χ0) is 27.7. The van der Waals surface area contributed by atoms with Gasteiger partial charge in [-0.3, -0.25) is 24.7 Å². The smallest absolute Gasteiger partial charge is 0.331 e. The highest BCUT2D eigenvalue weighted by Gasteiger charge is 2.46. The summed E-state index contributed by atoms with van der Waals surface area (Å²) in [7, 11) is 3.36. The minimum absolute atomic E-state index is 0.215. The van der Waals surface area contributed by atoms with Crippen LogP contribution in [-0.4, -0.2) is 55.9 Å². The molecule has 10 heteroatoms. The lowest BCUT2D eigenvalue weighted by Crippen LogP contribution is -2.41. The fourth-order valence-electron chi connectivity index (χ4n) is 4.07. The number of rotatable bonds is 10. The number of esters is 3. The number of nitrogens with zero attached hydrogens (tertiary/aromatic N) is 2. The minimum atomic E-state index is -1.63. The molecule has 0 aliphatic carbocycles. The molecule has 0 aliphatic heterocycles. The third-order valence-electron chi connectivity index (χ3n) is 5.90. The molecule has 0 radical (unpaired) electrons. The van der Waals surface area contributed by atoms with Gasteiger partial charge in [0.15, 0.2) is 12.0 Å². The van der Waals surface area contributed by atoms with E-state index in [2.05, 4.69) is 0 Å². The predicted molar refractivity (Wildman–Crippen MR) is 138 cm³/mol. The molecule has 2 unspecified atom stereocenters. The Morgan fingerprint density at radius 3 is 1.55 bits per heavy atom. The van der Waals surface area contributed by atoms with E-state index in [4.69, 9.17) is 19.2 Å². The van der Waals surface area contributed by atoms with E-state index >= 15 is 0 Å². The van der Waals surface area contributed by atoms with Gasteiger partial charge in [-0.1, -0.05) is 72.8 Å². The molecule has 0 saturated heterocycles. The lowest BCUT2D eigenvalue weighted by Gasteiger charge is -2.28. The number of carbonyl (C=O) groups is 3. The highest BCUT2D eigenvalue weighted by molar-refractivity contribution is 6.13. The summed E-state index contributed by atoms with van der Waals surface area (Å²) in [5, 5.41) is 11.2. The Hall–Kier alpha value is -4.86. The summed E-state index contributed by atoms with van der Waals surface area (Å²) in [5.74, 6) is -5.69. The number of carbonyl (C=O) groups excluding carboxylic acids is 3. The average Bonchev–Trinajstić information content (AvgIpc) is 2.96. The number of nitro groups is 1. The van der Waals surface area contributed by atoms with Crippen molar-refractivity contribution >= 4 is 29.3 Å². The maximum Gasteiger partial charge on any atom is 0.331 e. The van der Waals surface area contributed by atoms with Crippen LogP contribution < -0.4 is 0 Å². The third kappa shape index (κ3) is 6.28. The predicted octanol–water partition coefficient (Wildman–Crippen LogP) is 3.72. The van der Waals surface area contributed by atoms with Crippen LogP contribution in [0.1, 0.15) is 22.6 Å². The SMILES string of the molecule is COC(=O)C(N=C(c1ccccc1)c1ccccc1)C(c1ccc([N+](=O)[O-])cc1)C(C(=O)OC)C(=O)OC. The molecule has 0 N–H and O–H groups in total. The maximum atomic E-state index is 13.3. The van der Waals surface area contributed by atoms with Gasteiger partial charge in [0, 0.05) is 29.2 Å². The first-order valence-electron chi connectivity index (χ1n) is 11.5. The van der Waals surface area contributed by atoms with Gasteiger partial charge in [0.25, 0.3) is 5.69 Å². The number of nitro benzene ring substituents is 1. The van der Waals surface area contributed by atoms with E-state index in [1.165, 1.54) is 24.3 Å². The van der Waals surface area contributed by atoms with E-state index in [1.54, 1.807) is 48.5 Å². The van der Waals surface area contributed by atoms with Crippen LogP contribution in [0.4, 0.5) is 5.69 Å². The second-order valence-corrected chi connectivity index (χ2v) is 8.08. The van der Waals surface area contributed by atoms with Gasteiger partial charge in [0.1, 0.15) is 0 Å². The number of non-ortho nitro benzene ring substituents is 1. The van der Waals surface area contributed by atoms with Gasteiger partial charge in [-0.05, 0) is 5.56 Å². The van der Waals surface area contributed by atoms with Crippen LogP contribution in [0.2, 0.25) is 0 Å². The molecular formula is C28H26N2O8. The van der Waals surface area contributed by atoms with E-state index in [9.17, 15) is 24.5 Å². The van der Waals surface area contributed by atoms with E-state index in [1.807, 2.05) is 12.1 Å². The first-order chi connectivity index (χ1) is 18.3. The van der Waals surface area contributed by atoms with Gasteiger partial charge < -0.3 is 14.2 Å². The molecule has 0 amide bonds. The monoisotopic (exact) mass is 518 g/mol. The molecule has 196 valence electrons. The van der Waals surface area contributed by atoms with E-state index in [0.717, 1.165) is 21.3 Å². The van der Waals surface area contributed by atoms with Gasteiger partial charge in [0.2, 0.25) is 0 Å². The van der Waals surface area contributed by atoms with Crippen molar-refractivity contribution in [1.29, 1.82) is 0 Å². The molecule has 0 fully saturated rings. The van der Waals surface area contributed by atoms with Crippen molar-refractivity contribution in [2.75, 3.05) is 21.3 Å². The Labute approximate surface area is 219 Å². The molecular weight excluding hydrogens is 492 g/mol. The third-order valence-corrected chi connectivity index (χ3v) is 5.90. The number of methoxy groups -OCH3 is 3. The molecule has 0 heterocycles. The first kappa shape index (κ1) is 27.7. The lowest BCUT2D eigenvalue weighted by molar-refractivity contribution is -0.384. The van der Waals surface area contributed by atoms with E-state index in [0.29, 0.717) is 16.8 Å². The van der Waals surface area contributed by atoms with Gasteiger partial charge in [0.05, 0.1) is 32.0 Å². The molecule has 0 spiro atoms. The summed E-state index contributed by atoms with van der Waals surface area (Å²) in [5.41, 5.74) is 1.77. The van der Waals surface area contributed by atoms with Crippen molar-refractivity contribution < 1.29 is 33.5 Å². The highest BCUT2D eigenvalue weighted by atomic mass is 16.6. The van der Waals surface area contributed by atoms with Crippen LogP contribution in [0, 0.1) is 16.0 Å². The van der Waals surface area contributed by atoms with Gasteiger partial charge in [-0.25, -0.2) is 4.79 Å². The second kappa shape index (κ2) is 12.9. The zero-order valence-corrected chi connectivity index (χ0v) is 21.0. The molecule has 38 heavy (non-hydrogen) atoms. The number of hydrogen-bond acceptors (Lipinski definition) is 9. The van der Waals surface area contributed by atoms with E-state index in [-0.39, 0.29) is 11.3 Å². The normalized spacial score (nSPS) is 12.1. The number of benzene rings is 3. The fraction of sp³-hybridized carbons (Fsp3) is 0.214. The summed E-state index contributed by atoms with van der Waals surface area (Å²) in [4.78, 5) is 54.5. The molecule has 0 aromatic heterocycles. The van der Waals surface area contributed by atoms with Crippen LogP contribution in [0.3, 0.4) is 0 Å². The van der Waals surface area contributed by atoms with Crippen LogP contribution in [0.15, 0.2) is 89.9 Å². The fourth-order valence-corrected chi connectivity index (χ4v) is 4.07. The van der Waals surface area contributed by atoms with Crippen LogP contribution in [0.5, 0.6) is 0 Å². The Morgan fingerprint density at radius 1 is 0.711 bits per heavy atom. The highest BCUT2D eigenvalue weighted by Crippen LogP contribution is 2.35. The Bertz CT molecular complexity index is 1250. The second-order valence-electron chi connectivity index (χ2n) is 8.08.